The van der Waals surface area contributed by atoms with Gasteiger partial charge in [-0.15, -0.1) is 29.1 Å². The van der Waals surface area contributed by atoms with Gasteiger partial charge in [-0.25, -0.2) is 13.4 Å². The highest BCUT2D eigenvalue weighted by Gasteiger charge is 2.41. The molecule has 3 aromatic rings. The molecule has 5 rings (SSSR count). The highest BCUT2D eigenvalue weighted by molar-refractivity contribution is 7.91. The van der Waals surface area contributed by atoms with Gasteiger partial charge in [0, 0.05) is 54.8 Å². The molecular formula is C23H23N5O5S3. The molecule has 0 aliphatic carbocycles. The lowest BCUT2D eigenvalue weighted by Gasteiger charge is -2.39. The number of aliphatic hydroxyl groups excluding tert-OH is 1. The minimum Gasteiger partial charge on any atom is -0.378 e. The number of aliphatic hydroxyl groups is 1. The van der Waals surface area contributed by atoms with E-state index in [2.05, 4.69) is 21.5 Å². The fourth-order valence-corrected chi connectivity index (χ4v) is 8.35. The van der Waals surface area contributed by atoms with Crippen molar-refractivity contribution in [2.75, 3.05) is 26.7 Å². The van der Waals surface area contributed by atoms with E-state index in [9.17, 15) is 23.1 Å². The van der Waals surface area contributed by atoms with Gasteiger partial charge in [-0.2, -0.15) is 4.31 Å². The maximum absolute atomic E-state index is 13.5. The van der Waals surface area contributed by atoms with Gasteiger partial charge in [-0.1, -0.05) is 12.0 Å². The highest BCUT2D eigenvalue weighted by Crippen LogP contribution is 2.33. The van der Waals surface area contributed by atoms with Gasteiger partial charge in [0.25, 0.3) is 15.9 Å². The number of fused-ring (bicyclic) bond motifs is 2. The fourth-order valence-electron chi connectivity index (χ4n) is 4.32. The Morgan fingerprint density at radius 2 is 2.08 bits per heavy atom. The molecule has 1 aromatic carbocycles. The number of hydrogen-bond acceptors (Lipinski definition) is 9. The van der Waals surface area contributed by atoms with Crippen LogP contribution in [0, 0.1) is 12.3 Å². The van der Waals surface area contributed by atoms with E-state index < -0.39 is 34.1 Å². The number of thiophene rings is 1. The van der Waals surface area contributed by atoms with Crippen LogP contribution in [0.15, 0.2) is 28.5 Å². The number of piperazine rings is 1. The van der Waals surface area contributed by atoms with E-state index in [4.69, 9.17) is 6.42 Å². The SMILES string of the molecule is C#Cc1ccc2cc(S(=O)(=O)N3CCN(C(=O)c4nc5c(s4)CNC(O)C5)C(C(=O)NC)C3)sc2c1. The first-order valence-electron chi connectivity index (χ1n) is 11.1. The van der Waals surface area contributed by atoms with Gasteiger partial charge in [0.2, 0.25) is 5.91 Å². The molecule has 188 valence electrons. The largest absolute Gasteiger partial charge is 0.378 e. The average molecular weight is 546 g/mol. The van der Waals surface area contributed by atoms with Crippen molar-refractivity contribution < 1.29 is 23.1 Å². The predicted octanol–water partition coefficient (Wildman–Crippen LogP) is 0.564. The van der Waals surface area contributed by atoms with Crippen LogP contribution in [0.5, 0.6) is 0 Å². The standard InChI is InChI=1S/C23H23N5O5S3/c1-3-13-4-5-14-9-20(34-17(14)8-13)36(32,33)27-6-7-28(16(12-27)21(30)24-2)23(31)22-26-15-10-19(29)25-11-18(15)35-22/h1,4-5,8-9,16,19,25,29H,6-7,10-12H2,2H3,(H,24,30). The summed E-state index contributed by atoms with van der Waals surface area (Å²) in [5.74, 6) is 1.65. The first-order valence-corrected chi connectivity index (χ1v) is 14.2. The van der Waals surface area contributed by atoms with Gasteiger partial charge in [0.15, 0.2) is 5.01 Å². The zero-order valence-electron chi connectivity index (χ0n) is 19.2. The third-order valence-electron chi connectivity index (χ3n) is 6.26. The molecule has 2 aliphatic rings. The third-order valence-corrected chi connectivity index (χ3v) is 10.8. The molecule has 2 aliphatic heterocycles. The van der Waals surface area contributed by atoms with Crippen LogP contribution in [0.3, 0.4) is 0 Å². The van der Waals surface area contributed by atoms with E-state index in [0.29, 0.717) is 24.2 Å². The monoisotopic (exact) mass is 545 g/mol. The summed E-state index contributed by atoms with van der Waals surface area (Å²) in [6.07, 6.45) is 5.03. The number of terminal acetylenes is 1. The first kappa shape index (κ1) is 24.8. The molecule has 2 atom stereocenters. The lowest BCUT2D eigenvalue weighted by molar-refractivity contribution is -0.126. The Morgan fingerprint density at radius 3 is 2.83 bits per heavy atom. The van der Waals surface area contributed by atoms with Crippen LogP contribution in [-0.2, 0) is 27.8 Å². The summed E-state index contributed by atoms with van der Waals surface area (Å²) in [7, 11) is -2.46. The van der Waals surface area contributed by atoms with Crippen molar-refractivity contribution in [1.29, 1.82) is 0 Å². The smallest absolute Gasteiger partial charge is 0.283 e. The Bertz CT molecular complexity index is 1510. The number of nitrogens with zero attached hydrogens (tertiary/aromatic N) is 3. The summed E-state index contributed by atoms with van der Waals surface area (Å²) in [4.78, 5) is 32.8. The minimum atomic E-state index is -3.91. The molecule has 0 radical (unpaired) electrons. The Labute approximate surface area is 216 Å². The summed E-state index contributed by atoms with van der Waals surface area (Å²) >= 11 is 2.34. The maximum atomic E-state index is 13.5. The Hall–Kier alpha value is -2.86. The molecule has 1 fully saturated rings. The molecule has 2 aromatic heterocycles. The minimum absolute atomic E-state index is 0.0351. The number of thiazole rings is 1. The van der Waals surface area contributed by atoms with Gasteiger partial charge >= 0.3 is 0 Å². The molecule has 1 saturated heterocycles. The van der Waals surface area contributed by atoms with E-state index in [1.54, 1.807) is 24.3 Å². The number of rotatable bonds is 4. The van der Waals surface area contributed by atoms with Crippen LogP contribution in [0.25, 0.3) is 10.1 Å². The molecule has 0 spiro atoms. The summed E-state index contributed by atoms with van der Waals surface area (Å²) < 4.78 is 29.2. The van der Waals surface area contributed by atoms with E-state index >= 15 is 0 Å². The van der Waals surface area contributed by atoms with E-state index in [1.165, 1.54) is 27.6 Å². The van der Waals surface area contributed by atoms with Crippen LogP contribution >= 0.6 is 22.7 Å². The van der Waals surface area contributed by atoms with Crippen molar-refractivity contribution in [2.45, 2.75) is 29.4 Å². The van der Waals surface area contributed by atoms with Crippen LogP contribution in [0.4, 0.5) is 0 Å². The van der Waals surface area contributed by atoms with Crippen molar-refractivity contribution >= 4 is 54.6 Å². The van der Waals surface area contributed by atoms with Gasteiger partial charge in [-0.05, 0) is 23.6 Å². The quantitative estimate of drug-likeness (QED) is 0.408. The van der Waals surface area contributed by atoms with E-state index in [1.807, 2.05) is 0 Å². The van der Waals surface area contributed by atoms with Crippen molar-refractivity contribution in [2.24, 2.45) is 0 Å². The second-order valence-corrected chi connectivity index (χ2v) is 12.8. The summed E-state index contributed by atoms with van der Waals surface area (Å²) in [6.45, 7) is 0.303. The molecule has 4 heterocycles. The van der Waals surface area contributed by atoms with E-state index in [0.717, 1.165) is 26.3 Å². The predicted molar refractivity (Wildman–Crippen MR) is 136 cm³/mol. The van der Waals surface area contributed by atoms with Gasteiger partial charge in [0.05, 0.1) is 5.69 Å². The van der Waals surface area contributed by atoms with Crippen molar-refractivity contribution in [3.05, 3.63) is 45.4 Å². The molecule has 0 saturated carbocycles. The number of aromatic nitrogens is 1. The molecular weight excluding hydrogens is 522 g/mol. The number of likely N-dealkylation sites (N-methyl/N-ethyl adjacent to an activating group) is 1. The lowest BCUT2D eigenvalue weighted by atomic mass is 10.1. The molecule has 36 heavy (non-hydrogen) atoms. The van der Waals surface area contributed by atoms with Crippen LogP contribution < -0.4 is 10.6 Å². The maximum Gasteiger partial charge on any atom is 0.283 e. The molecule has 2 amide bonds. The van der Waals surface area contributed by atoms with Crippen LogP contribution in [0.1, 0.15) is 25.9 Å². The number of benzene rings is 1. The average Bonchev–Trinajstić information content (AvgIpc) is 3.51. The highest BCUT2D eigenvalue weighted by atomic mass is 32.2. The zero-order chi connectivity index (χ0) is 25.6. The van der Waals surface area contributed by atoms with Crippen LogP contribution in [-0.4, -0.2) is 78.5 Å². The number of sulfonamides is 1. The summed E-state index contributed by atoms with van der Waals surface area (Å²) in [5, 5.41) is 16.2. The molecule has 0 bridgehead atoms. The Morgan fingerprint density at radius 1 is 1.28 bits per heavy atom. The lowest BCUT2D eigenvalue weighted by Crippen LogP contribution is -2.61. The molecule has 2 unspecified atom stereocenters. The third kappa shape index (κ3) is 4.40. The van der Waals surface area contributed by atoms with Gasteiger partial charge in [-0.3, -0.25) is 14.9 Å². The number of amides is 2. The second kappa shape index (κ2) is 9.55. The Kier molecular flexibility index (Phi) is 6.58. The number of carbonyl (C=O) groups excluding carboxylic acids is 2. The topological polar surface area (TPSA) is 132 Å². The van der Waals surface area contributed by atoms with Crippen molar-refractivity contribution in [3.63, 3.8) is 0 Å². The first-order chi connectivity index (χ1) is 17.2. The van der Waals surface area contributed by atoms with Gasteiger partial charge in [0.1, 0.15) is 16.5 Å². The zero-order valence-corrected chi connectivity index (χ0v) is 21.7. The second-order valence-electron chi connectivity index (χ2n) is 8.44. The Balaban J connectivity index is 1.40. The summed E-state index contributed by atoms with van der Waals surface area (Å²) in [6, 6.07) is 5.89. The normalized spacial score (nSPS) is 20.6. The van der Waals surface area contributed by atoms with Crippen molar-refractivity contribution in [1.82, 2.24) is 24.8 Å². The summed E-state index contributed by atoms with van der Waals surface area (Å²) in [5.41, 5.74) is 1.32. The number of nitrogens with one attached hydrogen (secondary N) is 2. The number of carbonyl (C=O) groups is 2. The van der Waals surface area contributed by atoms with Crippen molar-refractivity contribution in [3.8, 4) is 12.3 Å². The molecule has 13 heteroatoms. The molecule has 10 nitrogen and oxygen atoms in total. The van der Waals surface area contributed by atoms with Gasteiger partial charge < -0.3 is 15.3 Å². The van der Waals surface area contributed by atoms with E-state index in [-0.39, 0.29) is 28.9 Å². The van der Waals surface area contributed by atoms with Crippen LogP contribution in [0.2, 0.25) is 0 Å². The molecule has 3 N–H and O–H groups in total. The fraction of sp³-hybridized carbons (Fsp3) is 0.348. The number of hydrogen-bond donors (Lipinski definition) is 3.